The summed E-state index contributed by atoms with van der Waals surface area (Å²) >= 11 is 0. The molecule has 1 unspecified atom stereocenters. The molecule has 0 aromatic rings. The Bertz CT molecular complexity index is 227. The standard InChI is InChI=1S/C9H14F3NO3/c10-9(11,12)6-15-5-8(14)13-4-7-2-1-3-16-7/h7H,1-6H2,(H,13,14). The monoisotopic (exact) mass is 241 g/mol. The lowest BCUT2D eigenvalue weighted by Gasteiger charge is -2.11. The Morgan fingerprint density at radius 1 is 1.50 bits per heavy atom. The smallest absolute Gasteiger partial charge is 0.376 e. The molecule has 4 nitrogen and oxygen atoms in total. The van der Waals surface area contributed by atoms with Gasteiger partial charge in [0.25, 0.3) is 0 Å². The molecular formula is C9H14F3NO3. The maximum Gasteiger partial charge on any atom is 0.411 e. The summed E-state index contributed by atoms with van der Waals surface area (Å²) in [7, 11) is 0. The zero-order valence-electron chi connectivity index (χ0n) is 8.68. The van der Waals surface area contributed by atoms with Crippen molar-refractivity contribution >= 4 is 5.91 Å². The summed E-state index contributed by atoms with van der Waals surface area (Å²) in [6, 6.07) is 0. The third-order valence-corrected chi connectivity index (χ3v) is 2.05. The molecule has 1 N–H and O–H groups in total. The van der Waals surface area contributed by atoms with Crippen molar-refractivity contribution in [3.63, 3.8) is 0 Å². The average molecular weight is 241 g/mol. The molecule has 1 atom stereocenters. The van der Waals surface area contributed by atoms with Crippen LogP contribution in [0.15, 0.2) is 0 Å². The molecule has 0 aromatic carbocycles. The second-order valence-electron chi connectivity index (χ2n) is 3.55. The molecule has 1 aliphatic rings. The van der Waals surface area contributed by atoms with Crippen LogP contribution in [0.25, 0.3) is 0 Å². The van der Waals surface area contributed by atoms with Gasteiger partial charge in [-0.2, -0.15) is 13.2 Å². The Morgan fingerprint density at radius 3 is 2.81 bits per heavy atom. The van der Waals surface area contributed by atoms with E-state index in [1.54, 1.807) is 0 Å². The number of rotatable bonds is 5. The van der Waals surface area contributed by atoms with Gasteiger partial charge >= 0.3 is 6.18 Å². The van der Waals surface area contributed by atoms with Gasteiger partial charge in [0.05, 0.1) is 6.10 Å². The van der Waals surface area contributed by atoms with Gasteiger partial charge in [0.2, 0.25) is 5.91 Å². The summed E-state index contributed by atoms with van der Waals surface area (Å²) in [4.78, 5) is 11.0. The number of carbonyl (C=O) groups is 1. The van der Waals surface area contributed by atoms with Crippen LogP contribution in [0, 0.1) is 0 Å². The van der Waals surface area contributed by atoms with Crippen LogP contribution in [-0.2, 0) is 14.3 Å². The van der Waals surface area contributed by atoms with Gasteiger partial charge < -0.3 is 14.8 Å². The molecule has 0 spiro atoms. The number of halogens is 3. The van der Waals surface area contributed by atoms with E-state index in [-0.39, 0.29) is 6.10 Å². The van der Waals surface area contributed by atoms with E-state index in [9.17, 15) is 18.0 Å². The summed E-state index contributed by atoms with van der Waals surface area (Å²) < 4.78 is 44.4. The third-order valence-electron chi connectivity index (χ3n) is 2.05. The number of hydrogen-bond acceptors (Lipinski definition) is 3. The molecule has 1 aliphatic heterocycles. The van der Waals surface area contributed by atoms with Gasteiger partial charge in [0, 0.05) is 13.2 Å². The Morgan fingerprint density at radius 2 is 2.25 bits per heavy atom. The van der Waals surface area contributed by atoms with Crippen molar-refractivity contribution in [2.75, 3.05) is 26.4 Å². The first-order valence-electron chi connectivity index (χ1n) is 5.00. The molecule has 0 saturated carbocycles. The number of amides is 1. The number of hydrogen-bond donors (Lipinski definition) is 1. The van der Waals surface area contributed by atoms with Gasteiger partial charge in [0.1, 0.15) is 13.2 Å². The van der Waals surface area contributed by atoms with Crippen LogP contribution < -0.4 is 5.32 Å². The van der Waals surface area contributed by atoms with Gasteiger partial charge in [-0.15, -0.1) is 0 Å². The highest BCUT2D eigenvalue weighted by atomic mass is 19.4. The van der Waals surface area contributed by atoms with Crippen LogP contribution in [0.1, 0.15) is 12.8 Å². The van der Waals surface area contributed by atoms with Crippen molar-refractivity contribution in [1.82, 2.24) is 5.32 Å². The summed E-state index contributed by atoms with van der Waals surface area (Å²) in [6.07, 6.45) is -2.60. The number of alkyl halides is 3. The lowest BCUT2D eigenvalue weighted by molar-refractivity contribution is -0.175. The second-order valence-corrected chi connectivity index (χ2v) is 3.55. The van der Waals surface area contributed by atoms with E-state index in [0.29, 0.717) is 13.2 Å². The first kappa shape index (κ1) is 13.2. The fourth-order valence-electron chi connectivity index (χ4n) is 1.34. The quantitative estimate of drug-likeness (QED) is 0.776. The van der Waals surface area contributed by atoms with Gasteiger partial charge in [-0.25, -0.2) is 0 Å². The van der Waals surface area contributed by atoms with E-state index in [4.69, 9.17) is 4.74 Å². The van der Waals surface area contributed by atoms with Crippen LogP contribution in [-0.4, -0.2) is 44.6 Å². The fourth-order valence-corrected chi connectivity index (χ4v) is 1.34. The van der Waals surface area contributed by atoms with E-state index in [0.717, 1.165) is 12.8 Å². The maximum absolute atomic E-state index is 11.7. The topological polar surface area (TPSA) is 47.6 Å². The highest BCUT2D eigenvalue weighted by molar-refractivity contribution is 5.77. The normalized spacial score (nSPS) is 21.1. The third kappa shape index (κ3) is 5.92. The largest absolute Gasteiger partial charge is 0.411 e. The Labute approximate surface area is 91.1 Å². The molecule has 1 heterocycles. The van der Waals surface area contributed by atoms with E-state index in [2.05, 4.69) is 10.1 Å². The molecule has 16 heavy (non-hydrogen) atoms. The lowest BCUT2D eigenvalue weighted by Crippen LogP contribution is -2.35. The zero-order valence-corrected chi connectivity index (χ0v) is 8.68. The Hall–Kier alpha value is -0.820. The van der Waals surface area contributed by atoms with E-state index in [1.807, 2.05) is 0 Å². The first-order chi connectivity index (χ1) is 7.47. The van der Waals surface area contributed by atoms with Gasteiger partial charge in [0.15, 0.2) is 0 Å². The molecule has 94 valence electrons. The minimum atomic E-state index is -4.39. The fraction of sp³-hybridized carbons (Fsp3) is 0.889. The van der Waals surface area contributed by atoms with Gasteiger partial charge in [-0.1, -0.05) is 0 Å². The molecule has 1 saturated heterocycles. The predicted molar refractivity (Wildman–Crippen MR) is 48.9 cm³/mol. The van der Waals surface area contributed by atoms with Crippen molar-refractivity contribution in [2.24, 2.45) is 0 Å². The highest BCUT2D eigenvalue weighted by Crippen LogP contribution is 2.14. The zero-order chi connectivity index (χ0) is 12.0. The minimum Gasteiger partial charge on any atom is -0.376 e. The molecule has 1 rings (SSSR count). The molecule has 1 amide bonds. The molecule has 0 radical (unpaired) electrons. The highest BCUT2D eigenvalue weighted by Gasteiger charge is 2.27. The van der Waals surface area contributed by atoms with Crippen molar-refractivity contribution < 1.29 is 27.4 Å². The minimum absolute atomic E-state index is 0.0217. The van der Waals surface area contributed by atoms with E-state index in [1.165, 1.54) is 0 Å². The Balaban J connectivity index is 2.02. The SMILES string of the molecule is O=C(COCC(F)(F)F)NCC1CCCO1. The van der Waals surface area contributed by atoms with Crippen LogP contribution in [0.4, 0.5) is 13.2 Å². The summed E-state index contributed by atoms with van der Waals surface area (Å²) in [5, 5.41) is 2.45. The lowest BCUT2D eigenvalue weighted by atomic mass is 10.2. The van der Waals surface area contributed by atoms with Gasteiger partial charge in [-0.05, 0) is 12.8 Å². The molecule has 0 aliphatic carbocycles. The van der Waals surface area contributed by atoms with Crippen LogP contribution in [0.3, 0.4) is 0 Å². The number of ether oxygens (including phenoxy) is 2. The van der Waals surface area contributed by atoms with E-state index < -0.39 is 25.3 Å². The van der Waals surface area contributed by atoms with Crippen molar-refractivity contribution in [2.45, 2.75) is 25.1 Å². The van der Waals surface area contributed by atoms with E-state index >= 15 is 0 Å². The summed E-state index contributed by atoms with van der Waals surface area (Å²) in [6.45, 7) is -0.980. The van der Waals surface area contributed by atoms with Crippen molar-refractivity contribution in [3.05, 3.63) is 0 Å². The van der Waals surface area contributed by atoms with Crippen LogP contribution >= 0.6 is 0 Å². The Kier molecular flexibility index (Phi) is 5.01. The first-order valence-corrected chi connectivity index (χ1v) is 5.00. The molecule has 1 fully saturated rings. The average Bonchev–Trinajstić information content (AvgIpc) is 2.65. The number of carbonyl (C=O) groups excluding carboxylic acids is 1. The molecule has 0 bridgehead atoms. The molecular weight excluding hydrogens is 227 g/mol. The maximum atomic E-state index is 11.7. The summed E-state index contributed by atoms with van der Waals surface area (Å²) in [5.41, 5.74) is 0. The molecule has 0 aromatic heterocycles. The van der Waals surface area contributed by atoms with Crippen molar-refractivity contribution in [3.8, 4) is 0 Å². The summed E-state index contributed by atoms with van der Waals surface area (Å²) in [5.74, 6) is -0.556. The predicted octanol–water partition coefficient (Wildman–Crippen LogP) is 0.861. The van der Waals surface area contributed by atoms with Crippen molar-refractivity contribution in [1.29, 1.82) is 0 Å². The number of nitrogens with one attached hydrogen (secondary N) is 1. The second kappa shape index (κ2) is 6.05. The van der Waals surface area contributed by atoms with Gasteiger partial charge in [-0.3, -0.25) is 4.79 Å². The molecule has 7 heteroatoms. The van der Waals surface area contributed by atoms with Crippen LogP contribution in [0.2, 0.25) is 0 Å². The van der Waals surface area contributed by atoms with Crippen LogP contribution in [0.5, 0.6) is 0 Å².